The lowest BCUT2D eigenvalue weighted by Crippen LogP contribution is -2.07. The summed E-state index contributed by atoms with van der Waals surface area (Å²) < 4.78 is 26.0. The summed E-state index contributed by atoms with van der Waals surface area (Å²) in [5.41, 5.74) is 1.90. The fraction of sp³-hybridized carbons (Fsp3) is 0.0435. The Labute approximate surface area is 175 Å². The van der Waals surface area contributed by atoms with Crippen molar-refractivity contribution in [3.63, 3.8) is 0 Å². The van der Waals surface area contributed by atoms with Crippen LogP contribution >= 0.6 is 15.9 Å². The molecule has 1 aliphatic rings. The number of para-hydroxylation sites is 1. The first-order valence-corrected chi connectivity index (χ1v) is 9.63. The van der Waals surface area contributed by atoms with Crippen molar-refractivity contribution < 1.29 is 18.7 Å². The highest BCUT2D eigenvalue weighted by molar-refractivity contribution is 9.10. The van der Waals surface area contributed by atoms with Gasteiger partial charge in [-0.15, -0.1) is 0 Å². The Morgan fingerprint density at radius 3 is 2.66 bits per heavy atom. The third-order valence-electron chi connectivity index (χ3n) is 4.22. The molecule has 0 spiro atoms. The van der Waals surface area contributed by atoms with Gasteiger partial charge in [-0.1, -0.05) is 58.4 Å². The Morgan fingerprint density at radius 2 is 1.83 bits per heavy atom. The molecule has 0 N–H and O–H groups in total. The van der Waals surface area contributed by atoms with Crippen LogP contribution in [0.25, 0.3) is 6.08 Å². The summed E-state index contributed by atoms with van der Waals surface area (Å²) in [4.78, 5) is 16.4. The van der Waals surface area contributed by atoms with E-state index in [1.165, 1.54) is 12.1 Å². The number of aliphatic imine (C=N–C) groups is 1. The summed E-state index contributed by atoms with van der Waals surface area (Å²) in [6, 6.07) is 21.1. The minimum absolute atomic E-state index is 0.0492. The zero-order valence-electron chi connectivity index (χ0n) is 15.1. The van der Waals surface area contributed by atoms with Crippen LogP contribution in [0.4, 0.5) is 4.39 Å². The first-order chi connectivity index (χ1) is 14.1. The molecule has 0 atom stereocenters. The second-order valence-corrected chi connectivity index (χ2v) is 7.19. The highest BCUT2D eigenvalue weighted by Crippen LogP contribution is 2.26. The number of cyclic esters (lactones) is 1. The van der Waals surface area contributed by atoms with E-state index in [2.05, 4.69) is 20.9 Å². The summed E-state index contributed by atoms with van der Waals surface area (Å²) in [6.07, 6.45) is 1.58. The molecule has 144 valence electrons. The fourth-order valence-electron chi connectivity index (χ4n) is 2.83. The predicted octanol–water partition coefficient (Wildman–Crippen LogP) is 5.51. The summed E-state index contributed by atoms with van der Waals surface area (Å²) in [5.74, 6) is -0.586. The quantitative estimate of drug-likeness (QED) is 0.379. The Morgan fingerprint density at radius 1 is 1.03 bits per heavy atom. The molecule has 0 unspecified atom stereocenters. The Balaban J connectivity index is 1.60. The molecule has 0 fully saturated rings. The smallest absolute Gasteiger partial charge is 0.363 e. The van der Waals surface area contributed by atoms with Crippen LogP contribution in [-0.4, -0.2) is 11.9 Å². The maximum atomic E-state index is 14.0. The third-order valence-corrected chi connectivity index (χ3v) is 4.71. The van der Waals surface area contributed by atoms with Gasteiger partial charge in [0.25, 0.3) is 0 Å². The van der Waals surface area contributed by atoms with Crippen molar-refractivity contribution >= 4 is 33.9 Å². The van der Waals surface area contributed by atoms with Crippen molar-refractivity contribution in [1.29, 1.82) is 0 Å². The van der Waals surface area contributed by atoms with Crippen LogP contribution in [0.1, 0.15) is 16.7 Å². The van der Waals surface area contributed by atoms with Crippen molar-refractivity contribution in [2.75, 3.05) is 0 Å². The van der Waals surface area contributed by atoms with E-state index < -0.39 is 11.8 Å². The number of nitrogens with zero attached hydrogens (tertiary/aromatic N) is 1. The van der Waals surface area contributed by atoms with Gasteiger partial charge in [0.1, 0.15) is 18.2 Å². The van der Waals surface area contributed by atoms with E-state index in [0.29, 0.717) is 17.9 Å². The highest BCUT2D eigenvalue weighted by atomic mass is 79.9. The van der Waals surface area contributed by atoms with Gasteiger partial charge in [-0.3, -0.25) is 0 Å². The molecule has 4 nitrogen and oxygen atoms in total. The molecule has 0 radical (unpaired) electrons. The van der Waals surface area contributed by atoms with E-state index in [1.54, 1.807) is 18.2 Å². The van der Waals surface area contributed by atoms with Crippen molar-refractivity contribution in [2.45, 2.75) is 6.61 Å². The molecule has 1 heterocycles. The zero-order chi connectivity index (χ0) is 20.2. The van der Waals surface area contributed by atoms with Crippen molar-refractivity contribution in [3.8, 4) is 5.75 Å². The number of hydrogen-bond donors (Lipinski definition) is 0. The minimum atomic E-state index is -0.634. The van der Waals surface area contributed by atoms with E-state index in [9.17, 15) is 9.18 Å². The number of carbonyl (C=O) groups is 1. The molecule has 6 heteroatoms. The van der Waals surface area contributed by atoms with Gasteiger partial charge >= 0.3 is 5.97 Å². The van der Waals surface area contributed by atoms with Crippen LogP contribution < -0.4 is 4.74 Å². The van der Waals surface area contributed by atoms with E-state index in [4.69, 9.17) is 9.47 Å². The highest BCUT2D eigenvalue weighted by Gasteiger charge is 2.26. The minimum Gasteiger partial charge on any atom is -0.488 e. The molecule has 0 aliphatic carbocycles. The second-order valence-electron chi connectivity index (χ2n) is 6.27. The lowest BCUT2D eigenvalue weighted by Gasteiger charge is -2.09. The maximum absolute atomic E-state index is 14.0. The van der Waals surface area contributed by atoms with Crippen LogP contribution in [0, 0.1) is 5.82 Å². The average molecular weight is 452 g/mol. The standard InChI is InChI=1S/C23H15BrFNO3/c24-17-8-5-6-15(12-17)14-28-21-11-4-1-7-16(21)13-20-23(27)29-22(26-20)18-9-2-3-10-19(18)25/h1-13H,14H2/b20-13-. The Hall–Kier alpha value is -3.25. The summed E-state index contributed by atoms with van der Waals surface area (Å²) in [7, 11) is 0. The van der Waals surface area contributed by atoms with Crippen LogP contribution in [0.3, 0.4) is 0 Å². The molecular formula is C23H15BrFNO3. The van der Waals surface area contributed by atoms with Crippen molar-refractivity contribution in [1.82, 2.24) is 0 Å². The van der Waals surface area contributed by atoms with Gasteiger partial charge in [0.2, 0.25) is 5.90 Å². The lowest BCUT2D eigenvalue weighted by molar-refractivity contribution is -0.129. The lowest BCUT2D eigenvalue weighted by atomic mass is 10.1. The number of benzene rings is 3. The zero-order valence-corrected chi connectivity index (χ0v) is 16.7. The predicted molar refractivity (Wildman–Crippen MR) is 112 cm³/mol. The van der Waals surface area contributed by atoms with Gasteiger partial charge in [-0.05, 0) is 42.0 Å². The van der Waals surface area contributed by atoms with Crippen LogP contribution in [0.15, 0.2) is 88.0 Å². The molecule has 4 rings (SSSR count). The molecule has 0 saturated heterocycles. The molecule has 3 aromatic rings. The Bertz CT molecular complexity index is 1140. The van der Waals surface area contributed by atoms with E-state index in [1.807, 2.05) is 48.5 Å². The number of rotatable bonds is 5. The van der Waals surface area contributed by atoms with Crippen molar-refractivity contribution in [3.05, 3.63) is 105 Å². The first kappa shape index (κ1) is 19.1. The molecule has 29 heavy (non-hydrogen) atoms. The summed E-state index contributed by atoms with van der Waals surface area (Å²) >= 11 is 3.44. The molecule has 0 saturated carbocycles. The van der Waals surface area contributed by atoms with E-state index in [-0.39, 0.29) is 17.2 Å². The largest absolute Gasteiger partial charge is 0.488 e. The van der Waals surface area contributed by atoms with Gasteiger partial charge in [0.15, 0.2) is 5.70 Å². The first-order valence-electron chi connectivity index (χ1n) is 8.84. The number of esters is 1. The molecule has 0 amide bonds. The topological polar surface area (TPSA) is 47.9 Å². The molecule has 0 aromatic heterocycles. The number of carbonyl (C=O) groups excluding carboxylic acids is 1. The monoisotopic (exact) mass is 451 g/mol. The third kappa shape index (κ3) is 4.43. The maximum Gasteiger partial charge on any atom is 0.363 e. The van der Waals surface area contributed by atoms with Crippen LogP contribution in [0.2, 0.25) is 0 Å². The van der Waals surface area contributed by atoms with Gasteiger partial charge in [-0.2, -0.15) is 0 Å². The molecule has 3 aromatic carbocycles. The Kier molecular flexibility index (Phi) is 5.53. The number of hydrogen-bond acceptors (Lipinski definition) is 4. The van der Waals surface area contributed by atoms with Gasteiger partial charge in [0.05, 0.1) is 5.56 Å². The van der Waals surface area contributed by atoms with Gasteiger partial charge < -0.3 is 9.47 Å². The van der Waals surface area contributed by atoms with Crippen LogP contribution in [-0.2, 0) is 16.1 Å². The molecular weight excluding hydrogens is 437 g/mol. The molecule has 1 aliphatic heterocycles. The number of halogens is 2. The summed E-state index contributed by atoms with van der Waals surface area (Å²) in [5, 5.41) is 0. The normalized spacial score (nSPS) is 14.6. The fourth-order valence-corrected chi connectivity index (χ4v) is 3.27. The number of ether oxygens (including phenoxy) is 2. The van der Waals surface area contributed by atoms with Gasteiger partial charge in [0, 0.05) is 10.0 Å². The van der Waals surface area contributed by atoms with E-state index in [0.717, 1.165) is 10.0 Å². The molecule has 0 bridgehead atoms. The summed E-state index contributed by atoms with van der Waals surface area (Å²) in [6.45, 7) is 0.369. The van der Waals surface area contributed by atoms with Crippen LogP contribution in [0.5, 0.6) is 5.75 Å². The SMILES string of the molecule is O=C1OC(c2ccccc2F)=N/C1=C\c1ccccc1OCc1cccc(Br)c1. The van der Waals surface area contributed by atoms with Gasteiger partial charge in [-0.25, -0.2) is 14.2 Å². The average Bonchev–Trinajstić information content (AvgIpc) is 3.08. The van der Waals surface area contributed by atoms with E-state index >= 15 is 0 Å². The van der Waals surface area contributed by atoms with Crippen molar-refractivity contribution in [2.24, 2.45) is 4.99 Å². The second kappa shape index (κ2) is 8.41.